The van der Waals surface area contributed by atoms with E-state index >= 15 is 0 Å². The topological polar surface area (TPSA) is 88.5 Å². The molecule has 2 N–H and O–H groups in total. The van der Waals surface area contributed by atoms with E-state index < -0.39 is 0 Å². The van der Waals surface area contributed by atoms with Crippen LogP contribution in [0.3, 0.4) is 0 Å². The minimum Gasteiger partial charge on any atom is -0.395 e. The summed E-state index contributed by atoms with van der Waals surface area (Å²) in [5.41, 5.74) is 7.95. The molecule has 0 spiro atoms. The van der Waals surface area contributed by atoms with Crippen LogP contribution in [0, 0.1) is 45.8 Å². The minimum atomic E-state index is -0.126. The van der Waals surface area contributed by atoms with Gasteiger partial charge in [0.1, 0.15) is 12.4 Å². The SMILES string of the molecule is C[C@]12CCC(=NOCCN)CC1C(=CC#N)CC1C2CC[C@]2(C)C(=O)CCC12. The highest BCUT2D eigenvalue weighted by molar-refractivity contribution is 5.87. The quantitative estimate of drug-likeness (QED) is 0.453. The Morgan fingerprint density at radius 1 is 1.25 bits per heavy atom. The number of Topliss-reactive ketones (excluding diaryl/α,β-unsaturated/α-hetero) is 1. The molecule has 4 aliphatic carbocycles. The van der Waals surface area contributed by atoms with Gasteiger partial charge in [0.05, 0.1) is 11.8 Å². The van der Waals surface area contributed by atoms with E-state index in [4.69, 9.17) is 10.6 Å². The van der Waals surface area contributed by atoms with Crippen LogP contribution in [0.5, 0.6) is 0 Å². The van der Waals surface area contributed by atoms with Crippen LogP contribution in [0.2, 0.25) is 0 Å². The summed E-state index contributed by atoms with van der Waals surface area (Å²) in [6.07, 6.45) is 9.68. The molecule has 0 aliphatic heterocycles. The Morgan fingerprint density at radius 3 is 2.82 bits per heavy atom. The molecule has 4 fully saturated rings. The van der Waals surface area contributed by atoms with Crippen molar-refractivity contribution in [1.29, 1.82) is 5.26 Å². The number of fused-ring (bicyclic) bond motifs is 5. The van der Waals surface area contributed by atoms with Crippen LogP contribution >= 0.6 is 0 Å². The summed E-state index contributed by atoms with van der Waals surface area (Å²) in [5, 5.41) is 13.8. The lowest BCUT2D eigenvalue weighted by Crippen LogP contribution is -2.54. The van der Waals surface area contributed by atoms with Crippen LogP contribution in [-0.4, -0.2) is 24.6 Å². The molecule has 5 nitrogen and oxygen atoms in total. The Balaban J connectivity index is 1.64. The van der Waals surface area contributed by atoms with Crippen molar-refractivity contribution in [3.05, 3.63) is 11.6 Å². The maximum absolute atomic E-state index is 12.6. The van der Waals surface area contributed by atoms with Crippen LogP contribution in [0.4, 0.5) is 0 Å². The molecule has 0 saturated heterocycles. The number of hydrogen-bond acceptors (Lipinski definition) is 5. The van der Waals surface area contributed by atoms with Gasteiger partial charge < -0.3 is 10.6 Å². The Bertz CT molecular complexity index is 751. The number of carbonyl (C=O) groups is 1. The summed E-state index contributed by atoms with van der Waals surface area (Å²) in [7, 11) is 0. The van der Waals surface area contributed by atoms with Gasteiger partial charge in [-0.05, 0) is 74.0 Å². The third-order valence-corrected chi connectivity index (χ3v) is 8.75. The predicted octanol–water partition coefficient (Wildman–Crippen LogP) is 3.99. The fourth-order valence-electron chi connectivity index (χ4n) is 7.25. The lowest BCUT2D eigenvalue weighted by molar-refractivity contribution is -0.134. The fraction of sp³-hybridized carbons (Fsp3) is 0.783. The molecule has 4 aliphatic rings. The van der Waals surface area contributed by atoms with Crippen molar-refractivity contribution in [1.82, 2.24) is 0 Å². The van der Waals surface area contributed by atoms with Crippen molar-refractivity contribution in [2.45, 2.75) is 65.2 Å². The number of nitrogens with two attached hydrogens (primary N) is 1. The molecule has 4 unspecified atom stereocenters. The first kappa shape index (κ1) is 19.6. The van der Waals surface area contributed by atoms with E-state index in [1.165, 1.54) is 5.57 Å². The lowest BCUT2D eigenvalue weighted by atomic mass is 9.44. The fourth-order valence-corrected chi connectivity index (χ4v) is 7.25. The van der Waals surface area contributed by atoms with Crippen LogP contribution in [0.1, 0.15) is 65.2 Å². The van der Waals surface area contributed by atoms with E-state index in [1.807, 2.05) is 0 Å². The number of carbonyl (C=O) groups excluding carboxylic acids is 1. The summed E-state index contributed by atoms with van der Waals surface area (Å²) in [6.45, 7) is 5.58. The normalized spacial score (nSPS) is 45.3. The smallest absolute Gasteiger partial charge is 0.139 e. The van der Waals surface area contributed by atoms with Gasteiger partial charge in [-0.2, -0.15) is 5.26 Å². The van der Waals surface area contributed by atoms with E-state index in [1.54, 1.807) is 6.08 Å². The average Bonchev–Trinajstić information content (AvgIpc) is 2.98. The second kappa shape index (κ2) is 7.30. The summed E-state index contributed by atoms with van der Waals surface area (Å²) in [4.78, 5) is 18.0. The third-order valence-electron chi connectivity index (χ3n) is 8.75. The molecule has 0 radical (unpaired) electrons. The van der Waals surface area contributed by atoms with Crippen molar-refractivity contribution >= 4 is 11.5 Å². The molecule has 0 heterocycles. The molecule has 0 aromatic carbocycles. The van der Waals surface area contributed by atoms with E-state index in [0.29, 0.717) is 42.6 Å². The highest BCUT2D eigenvalue weighted by atomic mass is 16.6. The highest BCUT2D eigenvalue weighted by Gasteiger charge is 2.61. The molecule has 5 heteroatoms. The largest absolute Gasteiger partial charge is 0.395 e. The standard InChI is InChI=1S/C23H33N3O2/c1-22-8-5-16(26-28-12-11-25)14-20(22)15(7-10-24)13-17-18-3-4-21(27)23(18,2)9-6-19(17)22/h7,17-20H,3-6,8-9,11-14,25H2,1-2H3/t17?,18?,19?,20?,22-,23+/m1/s1. The lowest BCUT2D eigenvalue weighted by Gasteiger charge is -2.60. The number of nitriles is 1. The van der Waals surface area contributed by atoms with Gasteiger partial charge in [0, 0.05) is 24.5 Å². The zero-order valence-corrected chi connectivity index (χ0v) is 17.2. The highest BCUT2D eigenvalue weighted by Crippen LogP contribution is 2.66. The molecule has 0 aromatic rings. The van der Waals surface area contributed by atoms with Gasteiger partial charge in [-0.1, -0.05) is 24.6 Å². The van der Waals surface area contributed by atoms with E-state index in [9.17, 15) is 10.1 Å². The summed E-state index contributed by atoms with van der Waals surface area (Å²) in [6, 6.07) is 2.31. The number of ketones is 1. The van der Waals surface area contributed by atoms with Gasteiger partial charge in [0.25, 0.3) is 0 Å². The molecule has 0 amide bonds. The third kappa shape index (κ3) is 2.92. The zero-order valence-electron chi connectivity index (χ0n) is 17.2. The first-order valence-corrected chi connectivity index (χ1v) is 10.9. The number of allylic oxidation sites excluding steroid dienone is 2. The number of rotatable bonds is 3. The first-order valence-electron chi connectivity index (χ1n) is 10.9. The maximum Gasteiger partial charge on any atom is 0.139 e. The molecule has 0 aromatic heterocycles. The van der Waals surface area contributed by atoms with Crippen molar-refractivity contribution in [2.24, 2.45) is 45.4 Å². The molecular formula is C23H33N3O2. The van der Waals surface area contributed by atoms with Crippen molar-refractivity contribution in [3.8, 4) is 6.07 Å². The molecular weight excluding hydrogens is 350 g/mol. The summed E-state index contributed by atoms with van der Waals surface area (Å²) < 4.78 is 0. The summed E-state index contributed by atoms with van der Waals surface area (Å²) in [5.74, 6) is 2.51. The van der Waals surface area contributed by atoms with Crippen molar-refractivity contribution in [3.63, 3.8) is 0 Å². The Hall–Kier alpha value is -1.67. The van der Waals surface area contributed by atoms with Crippen LogP contribution in [0.15, 0.2) is 16.8 Å². The first-order chi connectivity index (χ1) is 13.4. The molecule has 28 heavy (non-hydrogen) atoms. The number of nitrogens with zero attached hydrogens (tertiary/aromatic N) is 2. The second-order valence-corrected chi connectivity index (χ2v) is 9.89. The number of hydrogen-bond donors (Lipinski definition) is 1. The van der Waals surface area contributed by atoms with Crippen molar-refractivity contribution < 1.29 is 9.63 Å². The van der Waals surface area contributed by atoms with Crippen LogP contribution in [0.25, 0.3) is 0 Å². The molecule has 4 saturated carbocycles. The minimum absolute atomic E-state index is 0.126. The molecule has 0 bridgehead atoms. The van der Waals surface area contributed by atoms with E-state index in [2.05, 4.69) is 25.1 Å². The molecule has 6 atom stereocenters. The van der Waals surface area contributed by atoms with Crippen LogP contribution in [-0.2, 0) is 9.63 Å². The Kier molecular flexibility index (Phi) is 5.12. The van der Waals surface area contributed by atoms with E-state index in [0.717, 1.165) is 57.1 Å². The maximum atomic E-state index is 12.6. The number of oxime groups is 1. The molecule has 152 valence electrons. The second-order valence-electron chi connectivity index (χ2n) is 9.89. The van der Waals surface area contributed by atoms with Gasteiger partial charge >= 0.3 is 0 Å². The average molecular weight is 384 g/mol. The summed E-state index contributed by atoms with van der Waals surface area (Å²) >= 11 is 0. The Morgan fingerprint density at radius 2 is 2.07 bits per heavy atom. The van der Waals surface area contributed by atoms with Crippen molar-refractivity contribution in [2.75, 3.05) is 13.2 Å². The van der Waals surface area contributed by atoms with Gasteiger partial charge in [-0.3, -0.25) is 4.79 Å². The van der Waals surface area contributed by atoms with Gasteiger partial charge in [-0.25, -0.2) is 0 Å². The van der Waals surface area contributed by atoms with E-state index in [-0.39, 0.29) is 10.8 Å². The van der Waals surface area contributed by atoms with Gasteiger partial charge in [-0.15, -0.1) is 0 Å². The monoisotopic (exact) mass is 383 g/mol. The Labute approximate surface area is 168 Å². The van der Waals surface area contributed by atoms with Gasteiger partial charge in [0.15, 0.2) is 0 Å². The van der Waals surface area contributed by atoms with Gasteiger partial charge in [0.2, 0.25) is 0 Å². The predicted molar refractivity (Wildman–Crippen MR) is 108 cm³/mol. The molecule has 4 rings (SSSR count). The van der Waals surface area contributed by atoms with Crippen LogP contribution < -0.4 is 5.73 Å². The zero-order chi connectivity index (χ0) is 19.9.